The Morgan fingerprint density at radius 1 is 1.47 bits per heavy atom. The van der Waals surface area contributed by atoms with Crippen molar-refractivity contribution in [3.05, 3.63) is 21.9 Å². The lowest BCUT2D eigenvalue weighted by Gasteiger charge is -2.01. The fourth-order valence-electron chi connectivity index (χ4n) is 1.03. The van der Waals surface area contributed by atoms with Crippen LogP contribution in [-0.4, -0.2) is 18.5 Å². The Bertz CT molecular complexity index is 359. The fraction of sp³-hybridized carbons (Fsp3) is 0.400. The SMILES string of the molecule is Cc1ccc(C(=O)OCCCC(N)=O)s1. The minimum atomic E-state index is -0.377. The standard InChI is InChI=1S/C10H13NO3S/c1-7-4-5-8(15-7)10(13)14-6-2-3-9(11)12/h4-5H,2-3,6H2,1H3,(H2,11,12). The van der Waals surface area contributed by atoms with Gasteiger partial charge in [-0.25, -0.2) is 4.79 Å². The summed E-state index contributed by atoms with van der Waals surface area (Å²) in [6.07, 6.45) is 0.724. The third-order valence-corrected chi connectivity index (χ3v) is 2.72. The second-order valence-corrected chi connectivity index (χ2v) is 4.40. The Balaban J connectivity index is 2.28. The summed E-state index contributed by atoms with van der Waals surface area (Å²) < 4.78 is 4.96. The number of aryl methyl sites for hydroxylation is 1. The van der Waals surface area contributed by atoms with Crippen molar-refractivity contribution in [2.24, 2.45) is 5.73 Å². The van der Waals surface area contributed by atoms with E-state index in [0.717, 1.165) is 4.88 Å². The van der Waals surface area contributed by atoms with Crippen LogP contribution >= 0.6 is 11.3 Å². The van der Waals surface area contributed by atoms with Crippen molar-refractivity contribution in [3.8, 4) is 0 Å². The average Bonchev–Trinajstić information content (AvgIpc) is 2.59. The Hall–Kier alpha value is -1.36. The summed E-state index contributed by atoms with van der Waals surface area (Å²) in [5.74, 6) is -0.712. The van der Waals surface area contributed by atoms with Gasteiger partial charge in [0.25, 0.3) is 0 Å². The third kappa shape index (κ3) is 4.12. The number of rotatable bonds is 5. The van der Waals surface area contributed by atoms with Gasteiger partial charge in [-0.2, -0.15) is 0 Å². The number of hydrogen-bond acceptors (Lipinski definition) is 4. The van der Waals surface area contributed by atoms with E-state index in [1.54, 1.807) is 6.07 Å². The van der Waals surface area contributed by atoms with Crippen molar-refractivity contribution in [1.82, 2.24) is 0 Å². The summed E-state index contributed by atoms with van der Waals surface area (Å²) >= 11 is 1.39. The van der Waals surface area contributed by atoms with Gasteiger partial charge in [0.05, 0.1) is 6.61 Å². The summed E-state index contributed by atoms with van der Waals surface area (Å²) in [6, 6.07) is 3.60. The lowest BCUT2D eigenvalue weighted by Crippen LogP contribution is -2.12. The number of nitrogens with two attached hydrogens (primary N) is 1. The van der Waals surface area contributed by atoms with Gasteiger partial charge in [-0.05, 0) is 25.5 Å². The van der Waals surface area contributed by atoms with E-state index in [4.69, 9.17) is 10.5 Å². The smallest absolute Gasteiger partial charge is 0.348 e. The molecule has 0 aliphatic heterocycles. The summed E-state index contributed by atoms with van der Waals surface area (Å²) in [7, 11) is 0. The second-order valence-electron chi connectivity index (χ2n) is 3.12. The molecule has 5 heteroatoms. The monoisotopic (exact) mass is 227 g/mol. The number of carbonyl (C=O) groups excluding carboxylic acids is 2. The van der Waals surface area contributed by atoms with Crippen LogP contribution in [0.2, 0.25) is 0 Å². The summed E-state index contributed by atoms with van der Waals surface area (Å²) in [5, 5.41) is 0. The Morgan fingerprint density at radius 3 is 2.73 bits per heavy atom. The Kier molecular flexibility index (Phi) is 4.30. The van der Waals surface area contributed by atoms with Crippen LogP contribution in [0, 0.1) is 6.92 Å². The summed E-state index contributed by atoms with van der Waals surface area (Å²) in [5.41, 5.74) is 4.95. The maximum Gasteiger partial charge on any atom is 0.348 e. The number of amides is 1. The molecule has 0 radical (unpaired) electrons. The molecule has 1 amide bonds. The van der Waals surface area contributed by atoms with E-state index in [-0.39, 0.29) is 24.9 Å². The van der Waals surface area contributed by atoms with Gasteiger partial charge < -0.3 is 10.5 Å². The zero-order valence-corrected chi connectivity index (χ0v) is 9.30. The highest BCUT2D eigenvalue weighted by molar-refractivity contribution is 7.13. The molecule has 4 nitrogen and oxygen atoms in total. The molecule has 0 unspecified atom stereocenters. The molecule has 0 saturated heterocycles. The van der Waals surface area contributed by atoms with Crippen LogP contribution < -0.4 is 5.73 Å². The molecule has 1 rings (SSSR count). The average molecular weight is 227 g/mol. The van der Waals surface area contributed by atoms with Crippen LogP contribution in [0.3, 0.4) is 0 Å². The molecule has 0 spiro atoms. The predicted octanol–water partition coefficient (Wildman–Crippen LogP) is 1.48. The highest BCUT2D eigenvalue weighted by atomic mass is 32.1. The van der Waals surface area contributed by atoms with Crippen LogP contribution in [0.4, 0.5) is 0 Å². The van der Waals surface area contributed by atoms with Crippen LogP contribution in [0.5, 0.6) is 0 Å². The molecule has 1 aromatic heterocycles. The van der Waals surface area contributed by atoms with Gasteiger partial charge in [0.2, 0.25) is 5.91 Å². The predicted molar refractivity (Wildman–Crippen MR) is 57.8 cm³/mol. The molecule has 2 N–H and O–H groups in total. The van der Waals surface area contributed by atoms with E-state index in [2.05, 4.69) is 0 Å². The van der Waals surface area contributed by atoms with Crippen molar-refractivity contribution in [1.29, 1.82) is 0 Å². The van der Waals surface area contributed by atoms with Crippen molar-refractivity contribution in [2.45, 2.75) is 19.8 Å². The van der Waals surface area contributed by atoms with E-state index in [0.29, 0.717) is 11.3 Å². The number of carbonyl (C=O) groups is 2. The maximum absolute atomic E-state index is 11.4. The lowest BCUT2D eigenvalue weighted by atomic mass is 10.3. The van der Waals surface area contributed by atoms with E-state index in [9.17, 15) is 9.59 Å². The van der Waals surface area contributed by atoms with Gasteiger partial charge in [0.1, 0.15) is 4.88 Å². The minimum Gasteiger partial charge on any atom is -0.461 e. The molecular weight excluding hydrogens is 214 g/mol. The number of esters is 1. The number of thiophene rings is 1. The highest BCUT2D eigenvalue weighted by Crippen LogP contribution is 2.15. The van der Waals surface area contributed by atoms with Crippen molar-refractivity contribution in [2.75, 3.05) is 6.61 Å². The van der Waals surface area contributed by atoms with Crippen LogP contribution in [0.25, 0.3) is 0 Å². The van der Waals surface area contributed by atoms with Crippen LogP contribution in [0.1, 0.15) is 27.4 Å². The van der Waals surface area contributed by atoms with Gasteiger partial charge in [0.15, 0.2) is 0 Å². The number of hydrogen-bond donors (Lipinski definition) is 1. The van der Waals surface area contributed by atoms with Crippen molar-refractivity contribution in [3.63, 3.8) is 0 Å². The van der Waals surface area contributed by atoms with Gasteiger partial charge >= 0.3 is 5.97 Å². The largest absolute Gasteiger partial charge is 0.461 e. The normalized spacial score (nSPS) is 9.93. The molecule has 0 bridgehead atoms. The number of primary amides is 1. The van der Waals surface area contributed by atoms with E-state index < -0.39 is 0 Å². The zero-order valence-electron chi connectivity index (χ0n) is 8.49. The molecule has 1 aromatic rings. The molecule has 0 saturated carbocycles. The highest BCUT2D eigenvalue weighted by Gasteiger charge is 2.08. The molecule has 0 atom stereocenters. The van der Waals surface area contributed by atoms with E-state index in [1.165, 1.54) is 11.3 Å². The van der Waals surface area contributed by atoms with Gasteiger partial charge in [-0.3, -0.25) is 4.79 Å². The van der Waals surface area contributed by atoms with Gasteiger partial charge in [-0.15, -0.1) is 11.3 Å². The van der Waals surface area contributed by atoms with Crippen molar-refractivity contribution >= 4 is 23.2 Å². The number of ether oxygens (including phenoxy) is 1. The van der Waals surface area contributed by atoms with E-state index in [1.807, 2.05) is 13.0 Å². The maximum atomic E-state index is 11.4. The quantitative estimate of drug-likeness (QED) is 0.612. The molecule has 0 aliphatic rings. The van der Waals surface area contributed by atoms with Gasteiger partial charge in [0, 0.05) is 11.3 Å². The Morgan fingerprint density at radius 2 is 2.20 bits per heavy atom. The molecule has 0 fully saturated rings. The fourth-order valence-corrected chi connectivity index (χ4v) is 1.79. The van der Waals surface area contributed by atoms with Gasteiger partial charge in [-0.1, -0.05) is 0 Å². The second kappa shape index (κ2) is 5.50. The first-order valence-electron chi connectivity index (χ1n) is 4.61. The van der Waals surface area contributed by atoms with Crippen LogP contribution in [0.15, 0.2) is 12.1 Å². The van der Waals surface area contributed by atoms with E-state index >= 15 is 0 Å². The third-order valence-electron chi connectivity index (χ3n) is 1.74. The molecule has 0 aromatic carbocycles. The Labute approximate surface area is 92.0 Å². The minimum absolute atomic E-state index is 0.235. The summed E-state index contributed by atoms with van der Waals surface area (Å²) in [4.78, 5) is 23.4. The van der Waals surface area contributed by atoms with Crippen LogP contribution in [-0.2, 0) is 9.53 Å². The topological polar surface area (TPSA) is 69.4 Å². The molecule has 0 aliphatic carbocycles. The molecule has 82 valence electrons. The zero-order chi connectivity index (χ0) is 11.3. The molecule has 1 heterocycles. The molecular formula is C10H13NO3S. The first-order valence-corrected chi connectivity index (χ1v) is 5.43. The first-order chi connectivity index (χ1) is 7.09. The van der Waals surface area contributed by atoms with Crippen molar-refractivity contribution < 1.29 is 14.3 Å². The lowest BCUT2D eigenvalue weighted by molar-refractivity contribution is -0.118. The summed E-state index contributed by atoms with van der Waals surface area (Å²) in [6.45, 7) is 2.16. The molecule has 15 heavy (non-hydrogen) atoms. The first kappa shape index (κ1) is 11.7.